The first-order chi connectivity index (χ1) is 9.29. The Hall–Kier alpha value is -1.11. The molecule has 1 saturated carbocycles. The molecule has 0 aliphatic heterocycles. The zero-order valence-corrected chi connectivity index (χ0v) is 11.9. The van der Waals surface area contributed by atoms with Crippen LogP contribution in [0, 0.1) is 11.7 Å². The standard InChI is InChI=1S/C13H12BrF4NO/c14-10(7-1-2-7)6-19-12(20)9-5-8(13(16,17)18)3-4-11(9)15/h3-5,7,10H,1-2,6H2,(H,19,20). The van der Waals surface area contributed by atoms with E-state index in [2.05, 4.69) is 21.2 Å². The van der Waals surface area contributed by atoms with Gasteiger partial charge in [0.2, 0.25) is 0 Å². The Morgan fingerprint density at radius 1 is 1.40 bits per heavy atom. The van der Waals surface area contributed by atoms with Crippen molar-refractivity contribution in [1.82, 2.24) is 5.32 Å². The molecule has 1 aromatic carbocycles. The molecule has 1 aromatic rings. The summed E-state index contributed by atoms with van der Waals surface area (Å²) in [7, 11) is 0. The average molecular weight is 354 g/mol. The van der Waals surface area contributed by atoms with Gasteiger partial charge in [-0.05, 0) is 37.0 Å². The van der Waals surface area contributed by atoms with Gasteiger partial charge in [0.15, 0.2) is 0 Å². The van der Waals surface area contributed by atoms with Gasteiger partial charge in [0.1, 0.15) is 5.82 Å². The minimum absolute atomic E-state index is 0.0697. The van der Waals surface area contributed by atoms with E-state index in [9.17, 15) is 22.4 Å². The summed E-state index contributed by atoms with van der Waals surface area (Å²) in [6, 6.07) is 1.80. The van der Waals surface area contributed by atoms with Crippen LogP contribution in [0.1, 0.15) is 28.8 Å². The van der Waals surface area contributed by atoms with Gasteiger partial charge in [-0.1, -0.05) is 15.9 Å². The molecule has 1 unspecified atom stereocenters. The number of carbonyl (C=O) groups is 1. The molecule has 1 fully saturated rings. The van der Waals surface area contributed by atoms with E-state index in [1.807, 2.05) is 0 Å². The highest BCUT2D eigenvalue weighted by Crippen LogP contribution is 2.36. The fourth-order valence-electron chi connectivity index (χ4n) is 1.79. The van der Waals surface area contributed by atoms with Crippen molar-refractivity contribution in [3.05, 3.63) is 35.1 Å². The first-order valence-electron chi connectivity index (χ1n) is 6.08. The van der Waals surface area contributed by atoms with E-state index in [4.69, 9.17) is 0 Å². The van der Waals surface area contributed by atoms with Gasteiger partial charge in [0.25, 0.3) is 5.91 Å². The first-order valence-corrected chi connectivity index (χ1v) is 6.99. The van der Waals surface area contributed by atoms with Crippen LogP contribution in [0.2, 0.25) is 0 Å². The monoisotopic (exact) mass is 353 g/mol. The summed E-state index contributed by atoms with van der Waals surface area (Å²) in [5.41, 5.74) is -1.63. The highest BCUT2D eigenvalue weighted by molar-refractivity contribution is 9.09. The lowest BCUT2D eigenvalue weighted by Crippen LogP contribution is -2.31. The van der Waals surface area contributed by atoms with Crippen LogP contribution in [0.15, 0.2) is 18.2 Å². The topological polar surface area (TPSA) is 29.1 Å². The van der Waals surface area contributed by atoms with Crippen LogP contribution >= 0.6 is 15.9 Å². The molecule has 2 rings (SSSR count). The second-order valence-corrected chi connectivity index (χ2v) is 5.93. The summed E-state index contributed by atoms with van der Waals surface area (Å²) in [5.74, 6) is -1.33. The Balaban J connectivity index is 2.08. The lowest BCUT2D eigenvalue weighted by Gasteiger charge is -2.12. The molecule has 110 valence electrons. The van der Waals surface area contributed by atoms with Crippen molar-refractivity contribution < 1.29 is 22.4 Å². The number of nitrogens with one attached hydrogen (secondary N) is 1. The van der Waals surface area contributed by atoms with Crippen LogP contribution in [0.3, 0.4) is 0 Å². The quantitative estimate of drug-likeness (QED) is 0.648. The predicted molar refractivity (Wildman–Crippen MR) is 69.2 cm³/mol. The SMILES string of the molecule is O=C(NCC(Br)C1CC1)c1cc(C(F)(F)F)ccc1F. The first kappa shape index (κ1) is 15.3. The number of hydrogen-bond acceptors (Lipinski definition) is 1. The lowest BCUT2D eigenvalue weighted by molar-refractivity contribution is -0.137. The Bertz CT molecular complexity index is 514. The van der Waals surface area contributed by atoms with Crippen LogP contribution < -0.4 is 5.32 Å². The zero-order valence-electron chi connectivity index (χ0n) is 10.3. The summed E-state index contributed by atoms with van der Waals surface area (Å²) in [6.45, 7) is 0.263. The third-order valence-electron chi connectivity index (χ3n) is 3.13. The Kier molecular flexibility index (Phi) is 4.36. The predicted octanol–water partition coefficient (Wildman–Crippen LogP) is 3.75. The molecule has 0 aromatic heterocycles. The molecule has 7 heteroatoms. The van der Waals surface area contributed by atoms with Gasteiger partial charge in [-0.25, -0.2) is 4.39 Å². The molecule has 1 aliphatic carbocycles. The molecule has 0 saturated heterocycles. The summed E-state index contributed by atoms with van der Waals surface area (Å²) < 4.78 is 51.1. The van der Waals surface area contributed by atoms with Gasteiger partial charge in [0.05, 0.1) is 11.1 Å². The highest BCUT2D eigenvalue weighted by atomic mass is 79.9. The highest BCUT2D eigenvalue weighted by Gasteiger charge is 2.32. The van der Waals surface area contributed by atoms with Crippen LogP contribution in [0.4, 0.5) is 17.6 Å². The molecule has 0 spiro atoms. The molecule has 1 atom stereocenters. The Morgan fingerprint density at radius 2 is 2.05 bits per heavy atom. The minimum atomic E-state index is -4.60. The van der Waals surface area contributed by atoms with Crippen molar-refractivity contribution in [3.8, 4) is 0 Å². The second-order valence-electron chi connectivity index (χ2n) is 4.76. The van der Waals surface area contributed by atoms with E-state index in [0.29, 0.717) is 24.1 Å². The third-order valence-corrected chi connectivity index (χ3v) is 4.20. The maximum Gasteiger partial charge on any atom is 0.416 e. The van der Waals surface area contributed by atoms with E-state index in [-0.39, 0.29) is 11.4 Å². The maximum absolute atomic E-state index is 13.5. The van der Waals surface area contributed by atoms with E-state index >= 15 is 0 Å². The summed E-state index contributed by atoms with van der Waals surface area (Å²) in [4.78, 5) is 11.8. The maximum atomic E-state index is 13.5. The van der Waals surface area contributed by atoms with Gasteiger partial charge in [-0.3, -0.25) is 4.79 Å². The number of benzene rings is 1. The largest absolute Gasteiger partial charge is 0.416 e. The van der Waals surface area contributed by atoms with Gasteiger partial charge in [-0.2, -0.15) is 13.2 Å². The lowest BCUT2D eigenvalue weighted by atomic mass is 10.1. The number of hydrogen-bond donors (Lipinski definition) is 1. The number of amides is 1. The third kappa shape index (κ3) is 3.71. The summed E-state index contributed by atoms with van der Waals surface area (Å²) in [5, 5.41) is 2.45. The van der Waals surface area contributed by atoms with Gasteiger partial charge in [-0.15, -0.1) is 0 Å². The van der Waals surface area contributed by atoms with E-state index in [1.54, 1.807) is 0 Å². The fourth-order valence-corrected chi connectivity index (χ4v) is 2.48. The molecule has 20 heavy (non-hydrogen) atoms. The molecular weight excluding hydrogens is 342 g/mol. The molecule has 0 bridgehead atoms. The van der Waals surface area contributed by atoms with Crippen molar-refractivity contribution in [3.63, 3.8) is 0 Å². The normalized spacial score (nSPS) is 16.9. The fraction of sp³-hybridized carbons (Fsp3) is 0.462. The van der Waals surface area contributed by atoms with Crippen molar-refractivity contribution in [2.24, 2.45) is 5.92 Å². The van der Waals surface area contributed by atoms with Crippen molar-refractivity contribution in [1.29, 1.82) is 0 Å². The zero-order chi connectivity index (χ0) is 14.9. The van der Waals surface area contributed by atoms with Gasteiger partial charge in [0, 0.05) is 11.4 Å². The minimum Gasteiger partial charge on any atom is -0.351 e. The molecule has 2 nitrogen and oxygen atoms in total. The van der Waals surface area contributed by atoms with Crippen LogP contribution in [-0.2, 0) is 6.18 Å². The molecule has 0 radical (unpaired) electrons. The summed E-state index contributed by atoms with van der Waals surface area (Å²) in [6.07, 6.45) is -2.48. The van der Waals surface area contributed by atoms with Crippen LogP contribution in [0.5, 0.6) is 0 Å². The van der Waals surface area contributed by atoms with Crippen LogP contribution in [-0.4, -0.2) is 17.3 Å². The van der Waals surface area contributed by atoms with Crippen molar-refractivity contribution in [2.75, 3.05) is 6.54 Å². The molecule has 1 N–H and O–H groups in total. The second kappa shape index (κ2) is 5.71. The van der Waals surface area contributed by atoms with E-state index in [0.717, 1.165) is 12.8 Å². The number of rotatable bonds is 4. The van der Waals surface area contributed by atoms with Crippen molar-refractivity contribution in [2.45, 2.75) is 23.8 Å². The molecule has 0 heterocycles. The Morgan fingerprint density at radius 3 is 2.60 bits per heavy atom. The smallest absolute Gasteiger partial charge is 0.351 e. The summed E-state index contributed by atoms with van der Waals surface area (Å²) >= 11 is 3.38. The van der Waals surface area contributed by atoms with E-state index < -0.39 is 29.0 Å². The van der Waals surface area contributed by atoms with E-state index in [1.165, 1.54) is 0 Å². The molecular formula is C13H12BrF4NO. The average Bonchev–Trinajstić information content (AvgIpc) is 3.18. The number of halogens is 5. The van der Waals surface area contributed by atoms with Gasteiger partial charge >= 0.3 is 6.18 Å². The van der Waals surface area contributed by atoms with Crippen molar-refractivity contribution >= 4 is 21.8 Å². The Labute approximate surface area is 121 Å². The van der Waals surface area contributed by atoms with Crippen LogP contribution in [0.25, 0.3) is 0 Å². The number of carbonyl (C=O) groups excluding carboxylic acids is 1. The van der Waals surface area contributed by atoms with Gasteiger partial charge < -0.3 is 5.32 Å². The number of alkyl halides is 4. The molecule has 1 amide bonds. The molecule has 1 aliphatic rings.